The molecule has 2 aromatic carbocycles. The molecule has 1 amide bonds. The largest absolute Gasteiger partial charge is 0.324 e. The van der Waals surface area contributed by atoms with Gasteiger partial charge in [-0.15, -0.1) is 0 Å². The molecule has 1 atom stereocenters. The second-order valence-corrected chi connectivity index (χ2v) is 12.1. The standard InChI is InChI=1S/C23H31N3O5S2/c1-4-22(26(32(3,28)29)20-12-8-18(2)9-13-20)23(27)24-19-10-14-21(15-11-19)33(30,31)25-16-6-5-7-17-25/h8-15,22H,4-7,16-17H2,1-3H3,(H,24,27)/t22-/m0/s1. The van der Waals surface area contributed by atoms with E-state index in [1.807, 2.05) is 6.92 Å². The first-order valence-electron chi connectivity index (χ1n) is 11.0. The number of nitrogens with one attached hydrogen (secondary N) is 1. The van der Waals surface area contributed by atoms with E-state index in [1.54, 1.807) is 31.2 Å². The number of carbonyl (C=O) groups is 1. The van der Waals surface area contributed by atoms with Gasteiger partial charge in [-0.1, -0.05) is 31.0 Å². The number of hydrogen-bond acceptors (Lipinski definition) is 5. The van der Waals surface area contributed by atoms with E-state index in [9.17, 15) is 21.6 Å². The molecule has 1 N–H and O–H groups in total. The lowest BCUT2D eigenvalue weighted by Crippen LogP contribution is -2.47. The van der Waals surface area contributed by atoms with Crippen molar-refractivity contribution < 1.29 is 21.6 Å². The molecule has 0 unspecified atom stereocenters. The molecule has 1 aliphatic heterocycles. The van der Waals surface area contributed by atoms with E-state index in [1.165, 1.54) is 28.6 Å². The van der Waals surface area contributed by atoms with Crippen LogP contribution in [0.4, 0.5) is 11.4 Å². The van der Waals surface area contributed by atoms with Crippen molar-refractivity contribution in [2.45, 2.75) is 50.5 Å². The van der Waals surface area contributed by atoms with E-state index >= 15 is 0 Å². The van der Waals surface area contributed by atoms with Gasteiger partial charge in [0.05, 0.1) is 16.8 Å². The topological polar surface area (TPSA) is 104 Å². The van der Waals surface area contributed by atoms with Crippen LogP contribution in [0.1, 0.15) is 38.2 Å². The van der Waals surface area contributed by atoms with Gasteiger partial charge in [0.1, 0.15) is 6.04 Å². The summed E-state index contributed by atoms with van der Waals surface area (Å²) >= 11 is 0. The number of amides is 1. The van der Waals surface area contributed by atoms with Crippen LogP contribution in [0.2, 0.25) is 0 Å². The Labute approximate surface area is 196 Å². The monoisotopic (exact) mass is 493 g/mol. The maximum atomic E-state index is 13.1. The third-order valence-electron chi connectivity index (χ3n) is 5.69. The molecular formula is C23H31N3O5S2. The van der Waals surface area contributed by atoms with Crippen LogP contribution in [-0.4, -0.2) is 52.4 Å². The summed E-state index contributed by atoms with van der Waals surface area (Å²) in [6.45, 7) is 4.66. The van der Waals surface area contributed by atoms with Crippen LogP contribution in [0.25, 0.3) is 0 Å². The summed E-state index contributed by atoms with van der Waals surface area (Å²) in [6, 6.07) is 12.0. The summed E-state index contributed by atoms with van der Waals surface area (Å²) in [5, 5.41) is 2.73. The van der Waals surface area contributed by atoms with Crippen molar-refractivity contribution in [2.24, 2.45) is 0 Å². The molecule has 0 spiro atoms. The Morgan fingerprint density at radius 3 is 2.06 bits per heavy atom. The molecular weight excluding hydrogens is 462 g/mol. The molecule has 3 rings (SSSR count). The number of nitrogens with zero attached hydrogens (tertiary/aromatic N) is 2. The van der Waals surface area contributed by atoms with E-state index in [-0.39, 0.29) is 11.3 Å². The van der Waals surface area contributed by atoms with Crippen molar-refractivity contribution >= 4 is 37.3 Å². The molecule has 1 heterocycles. The van der Waals surface area contributed by atoms with Gasteiger partial charge in [0.15, 0.2) is 0 Å². The van der Waals surface area contributed by atoms with Crippen molar-refractivity contribution in [2.75, 3.05) is 29.0 Å². The average Bonchev–Trinajstić information content (AvgIpc) is 2.78. The van der Waals surface area contributed by atoms with Crippen LogP contribution in [0, 0.1) is 6.92 Å². The highest BCUT2D eigenvalue weighted by atomic mass is 32.2. The second-order valence-electron chi connectivity index (χ2n) is 8.30. The molecule has 0 bridgehead atoms. The lowest BCUT2D eigenvalue weighted by Gasteiger charge is -2.30. The number of rotatable bonds is 8. The highest BCUT2D eigenvalue weighted by molar-refractivity contribution is 7.92. The van der Waals surface area contributed by atoms with Gasteiger partial charge in [-0.25, -0.2) is 16.8 Å². The van der Waals surface area contributed by atoms with Crippen molar-refractivity contribution in [3.05, 3.63) is 54.1 Å². The number of anilines is 2. The fourth-order valence-electron chi connectivity index (χ4n) is 3.94. The number of hydrogen-bond donors (Lipinski definition) is 1. The summed E-state index contributed by atoms with van der Waals surface area (Å²) in [6.07, 6.45) is 4.06. The van der Waals surface area contributed by atoms with Crippen LogP contribution in [-0.2, 0) is 24.8 Å². The molecule has 8 nitrogen and oxygen atoms in total. The number of piperidine rings is 1. The number of aryl methyl sites for hydroxylation is 1. The average molecular weight is 494 g/mol. The minimum absolute atomic E-state index is 0.173. The maximum absolute atomic E-state index is 13.1. The van der Waals surface area contributed by atoms with Gasteiger partial charge in [0, 0.05) is 18.8 Å². The fourth-order valence-corrected chi connectivity index (χ4v) is 6.67. The molecule has 2 aromatic rings. The van der Waals surface area contributed by atoms with Crippen LogP contribution >= 0.6 is 0 Å². The molecule has 1 aliphatic rings. The summed E-state index contributed by atoms with van der Waals surface area (Å²) in [5.41, 5.74) is 1.78. The van der Waals surface area contributed by atoms with E-state index in [4.69, 9.17) is 0 Å². The number of benzene rings is 2. The Morgan fingerprint density at radius 2 is 1.55 bits per heavy atom. The molecule has 0 aliphatic carbocycles. The molecule has 1 saturated heterocycles. The first kappa shape index (κ1) is 25.2. The van der Waals surface area contributed by atoms with E-state index in [2.05, 4.69) is 5.32 Å². The molecule has 10 heteroatoms. The third-order valence-corrected chi connectivity index (χ3v) is 8.79. The Hall–Kier alpha value is -2.43. The number of sulfonamides is 2. The summed E-state index contributed by atoms with van der Waals surface area (Å²) in [7, 11) is -7.30. The normalized spacial score (nSPS) is 16.2. The van der Waals surface area contributed by atoms with Gasteiger partial charge in [0.25, 0.3) is 0 Å². The van der Waals surface area contributed by atoms with Gasteiger partial charge >= 0.3 is 0 Å². The number of carbonyl (C=O) groups excluding carboxylic acids is 1. The highest BCUT2D eigenvalue weighted by Crippen LogP contribution is 2.25. The first-order valence-corrected chi connectivity index (χ1v) is 14.3. The molecule has 33 heavy (non-hydrogen) atoms. The van der Waals surface area contributed by atoms with Gasteiger partial charge in [-0.2, -0.15) is 4.31 Å². The summed E-state index contributed by atoms with van der Waals surface area (Å²) in [5.74, 6) is -0.491. The SMILES string of the molecule is CC[C@@H](C(=O)Nc1ccc(S(=O)(=O)N2CCCCC2)cc1)N(c1ccc(C)cc1)S(C)(=O)=O. The first-order chi connectivity index (χ1) is 15.5. The lowest BCUT2D eigenvalue weighted by atomic mass is 10.1. The van der Waals surface area contributed by atoms with Crippen molar-refractivity contribution in [3.63, 3.8) is 0 Å². The highest BCUT2D eigenvalue weighted by Gasteiger charge is 2.32. The third kappa shape index (κ3) is 5.93. The van der Waals surface area contributed by atoms with Crippen molar-refractivity contribution in [3.8, 4) is 0 Å². The summed E-state index contributed by atoms with van der Waals surface area (Å²) in [4.78, 5) is 13.2. The molecule has 1 fully saturated rings. The molecule has 0 radical (unpaired) electrons. The van der Waals surface area contributed by atoms with Crippen LogP contribution < -0.4 is 9.62 Å². The van der Waals surface area contributed by atoms with Crippen LogP contribution in [0.3, 0.4) is 0 Å². The predicted octanol–water partition coefficient (Wildman–Crippen LogP) is 3.35. The van der Waals surface area contributed by atoms with Crippen molar-refractivity contribution in [1.82, 2.24) is 4.31 Å². The second kappa shape index (κ2) is 10.2. The Morgan fingerprint density at radius 1 is 0.970 bits per heavy atom. The zero-order chi connectivity index (χ0) is 24.2. The minimum atomic E-state index is -3.73. The minimum Gasteiger partial charge on any atom is -0.324 e. The van der Waals surface area contributed by atoms with Gasteiger partial charge < -0.3 is 5.32 Å². The van der Waals surface area contributed by atoms with E-state index in [0.29, 0.717) is 24.5 Å². The molecule has 180 valence electrons. The zero-order valence-corrected chi connectivity index (χ0v) is 20.8. The van der Waals surface area contributed by atoms with Gasteiger partial charge in [0.2, 0.25) is 26.0 Å². The molecule has 0 saturated carbocycles. The fraction of sp³-hybridized carbons (Fsp3) is 0.435. The Bertz CT molecular complexity index is 1170. The quantitative estimate of drug-likeness (QED) is 0.607. The van der Waals surface area contributed by atoms with E-state index < -0.39 is 32.0 Å². The summed E-state index contributed by atoms with van der Waals surface area (Å²) < 4.78 is 53.4. The molecule has 0 aromatic heterocycles. The zero-order valence-electron chi connectivity index (χ0n) is 19.2. The Balaban J connectivity index is 1.80. The van der Waals surface area contributed by atoms with Crippen molar-refractivity contribution in [1.29, 1.82) is 0 Å². The van der Waals surface area contributed by atoms with E-state index in [0.717, 1.165) is 35.4 Å². The van der Waals surface area contributed by atoms with Gasteiger partial charge in [-0.3, -0.25) is 9.10 Å². The van der Waals surface area contributed by atoms with Crippen LogP contribution in [0.5, 0.6) is 0 Å². The van der Waals surface area contributed by atoms with Gasteiger partial charge in [-0.05, 0) is 62.6 Å². The van der Waals surface area contributed by atoms with Crippen LogP contribution in [0.15, 0.2) is 53.4 Å². The lowest BCUT2D eigenvalue weighted by molar-refractivity contribution is -0.117. The smallest absolute Gasteiger partial charge is 0.248 e. The maximum Gasteiger partial charge on any atom is 0.248 e. The predicted molar refractivity (Wildman–Crippen MR) is 130 cm³/mol. The Kier molecular flexibility index (Phi) is 7.81.